The van der Waals surface area contributed by atoms with Gasteiger partial charge in [0.05, 0.1) is 11.7 Å². The monoisotopic (exact) mass is 347 g/mol. The summed E-state index contributed by atoms with van der Waals surface area (Å²) in [5.41, 5.74) is 5.15. The fourth-order valence-corrected chi connectivity index (χ4v) is 3.75. The Bertz CT molecular complexity index is 1120. The first-order valence-electron chi connectivity index (χ1n) is 8.03. The highest BCUT2D eigenvalue weighted by Crippen LogP contribution is 2.23. The number of nitrogens with zero attached hydrogens (tertiary/aromatic N) is 5. The van der Waals surface area contributed by atoms with Crippen LogP contribution >= 0.6 is 11.7 Å². The summed E-state index contributed by atoms with van der Waals surface area (Å²) in [6, 6.07) is 11.5. The van der Waals surface area contributed by atoms with Crippen LogP contribution in [0.1, 0.15) is 21.6 Å². The molecular formula is C18H13N5OS. The minimum atomic E-state index is 0.0202. The van der Waals surface area contributed by atoms with Crippen LogP contribution < -0.4 is 0 Å². The number of pyridine rings is 2. The molecule has 7 heteroatoms. The zero-order chi connectivity index (χ0) is 16.8. The molecule has 5 rings (SSSR count). The van der Waals surface area contributed by atoms with Crippen LogP contribution in [0, 0.1) is 0 Å². The quantitative estimate of drug-likeness (QED) is 0.529. The van der Waals surface area contributed by atoms with Gasteiger partial charge in [0.15, 0.2) is 5.65 Å². The topological polar surface area (TPSA) is 71.9 Å². The molecule has 0 bridgehead atoms. The molecule has 0 saturated heterocycles. The highest BCUT2D eigenvalue weighted by Gasteiger charge is 2.23. The zero-order valence-corrected chi connectivity index (χ0v) is 14.0. The number of amides is 1. The highest BCUT2D eigenvalue weighted by atomic mass is 32.1. The Balaban J connectivity index is 1.47. The van der Waals surface area contributed by atoms with E-state index in [0.29, 0.717) is 18.7 Å². The maximum absolute atomic E-state index is 12.9. The molecule has 0 atom stereocenters. The summed E-state index contributed by atoms with van der Waals surface area (Å²) in [4.78, 5) is 23.7. The smallest absolute Gasteiger partial charge is 0.254 e. The molecule has 122 valence electrons. The average molecular weight is 347 g/mol. The van der Waals surface area contributed by atoms with E-state index in [0.717, 1.165) is 51.5 Å². The molecule has 3 aromatic heterocycles. The van der Waals surface area contributed by atoms with Crippen molar-refractivity contribution in [1.29, 1.82) is 0 Å². The average Bonchev–Trinajstić information content (AvgIpc) is 3.13. The fraction of sp³-hybridized carbons (Fsp3) is 0.167. The Hall–Kier alpha value is -2.93. The maximum atomic E-state index is 12.9. The van der Waals surface area contributed by atoms with Crippen LogP contribution in [0.5, 0.6) is 0 Å². The minimum Gasteiger partial charge on any atom is -0.334 e. The molecule has 0 aliphatic carbocycles. The maximum Gasteiger partial charge on any atom is 0.254 e. The lowest BCUT2D eigenvalue weighted by atomic mass is 10.0. The molecule has 1 amide bonds. The van der Waals surface area contributed by atoms with E-state index in [2.05, 4.69) is 24.8 Å². The second-order valence-electron chi connectivity index (χ2n) is 6.09. The molecule has 0 radical (unpaired) electrons. The lowest BCUT2D eigenvalue weighted by Crippen LogP contribution is -2.36. The minimum absolute atomic E-state index is 0.0202. The third-order valence-corrected chi connectivity index (χ3v) is 5.08. The van der Waals surface area contributed by atoms with Crippen LogP contribution in [-0.2, 0) is 13.0 Å². The third-order valence-electron chi connectivity index (χ3n) is 4.53. The molecule has 4 heterocycles. The van der Waals surface area contributed by atoms with E-state index in [4.69, 9.17) is 0 Å². The van der Waals surface area contributed by atoms with Gasteiger partial charge in [-0.05, 0) is 42.0 Å². The SMILES string of the molecule is O=C(c1ccc2nsnc2c1)N1CCc2nc3ncccc3cc2C1. The Morgan fingerprint density at radius 2 is 2.04 bits per heavy atom. The number of rotatable bonds is 1. The number of benzene rings is 1. The Morgan fingerprint density at radius 3 is 3.00 bits per heavy atom. The number of carbonyl (C=O) groups excluding carboxylic acids is 1. The molecular weight excluding hydrogens is 334 g/mol. The number of fused-ring (bicyclic) bond motifs is 3. The normalized spacial score (nSPS) is 14.0. The lowest BCUT2D eigenvalue weighted by molar-refractivity contribution is 0.0734. The van der Waals surface area contributed by atoms with Gasteiger partial charge in [0.25, 0.3) is 5.91 Å². The molecule has 1 aliphatic heterocycles. The first-order chi connectivity index (χ1) is 12.3. The highest BCUT2D eigenvalue weighted by molar-refractivity contribution is 7.00. The van der Waals surface area contributed by atoms with E-state index in [1.807, 2.05) is 35.2 Å². The number of hydrogen-bond acceptors (Lipinski definition) is 6. The van der Waals surface area contributed by atoms with E-state index < -0.39 is 0 Å². The van der Waals surface area contributed by atoms with E-state index in [-0.39, 0.29) is 5.91 Å². The van der Waals surface area contributed by atoms with Crippen molar-refractivity contribution in [2.75, 3.05) is 6.54 Å². The first kappa shape index (κ1) is 14.4. The molecule has 25 heavy (non-hydrogen) atoms. The lowest BCUT2D eigenvalue weighted by Gasteiger charge is -2.28. The predicted octanol–water partition coefficient (Wildman–Crippen LogP) is 2.83. The van der Waals surface area contributed by atoms with Crippen molar-refractivity contribution in [3.05, 3.63) is 59.4 Å². The molecule has 1 aliphatic rings. The van der Waals surface area contributed by atoms with Crippen LogP contribution in [0.2, 0.25) is 0 Å². The standard InChI is InChI=1S/C18H13N5OS/c24-18(12-3-4-15-16(9-12)22-25-21-15)23-7-5-14-13(10-23)8-11-2-1-6-19-17(11)20-14/h1-4,6,8-9H,5,7,10H2. The van der Waals surface area contributed by atoms with Crippen molar-refractivity contribution in [3.8, 4) is 0 Å². The molecule has 0 fully saturated rings. The van der Waals surface area contributed by atoms with Crippen molar-refractivity contribution in [1.82, 2.24) is 23.6 Å². The largest absolute Gasteiger partial charge is 0.334 e. The summed E-state index contributed by atoms with van der Waals surface area (Å²) >= 11 is 1.16. The summed E-state index contributed by atoms with van der Waals surface area (Å²) in [6.07, 6.45) is 2.50. The van der Waals surface area contributed by atoms with E-state index in [1.165, 1.54) is 0 Å². The van der Waals surface area contributed by atoms with Crippen molar-refractivity contribution >= 4 is 39.7 Å². The van der Waals surface area contributed by atoms with Gasteiger partial charge in [0, 0.05) is 42.4 Å². The van der Waals surface area contributed by atoms with Gasteiger partial charge in [0.1, 0.15) is 11.0 Å². The zero-order valence-electron chi connectivity index (χ0n) is 13.2. The molecule has 6 nitrogen and oxygen atoms in total. The van der Waals surface area contributed by atoms with Gasteiger partial charge in [-0.25, -0.2) is 9.97 Å². The van der Waals surface area contributed by atoms with Gasteiger partial charge in [-0.2, -0.15) is 8.75 Å². The number of carbonyl (C=O) groups is 1. The van der Waals surface area contributed by atoms with Crippen molar-refractivity contribution in [2.24, 2.45) is 0 Å². The molecule has 1 aromatic carbocycles. The number of aromatic nitrogens is 4. The Labute approximate surface area is 147 Å². The van der Waals surface area contributed by atoms with E-state index >= 15 is 0 Å². The van der Waals surface area contributed by atoms with Crippen molar-refractivity contribution < 1.29 is 4.79 Å². The predicted molar refractivity (Wildman–Crippen MR) is 95.4 cm³/mol. The van der Waals surface area contributed by atoms with Crippen LogP contribution in [0.3, 0.4) is 0 Å². The summed E-state index contributed by atoms with van der Waals surface area (Å²) < 4.78 is 8.40. The Kier molecular flexibility index (Phi) is 3.21. The molecule has 0 N–H and O–H groups in total. The van der Waals surface area contributed by atoms with Gasteiger partial charge in [-0.3, -0.25) is 4.79 Å². The molecule has 0 saturated carbocycles. The second-order valence-corrected chi connectivity index (χ2v) is 6.62. The fourth-order valence-electron chi connectivity index (χ4n) is 3.24. The van der Waals surface area contributed by atoms with Gasteiger partial charge >= 0.3 is 0 Å². The molecule has 0 unspecified atom stereocenters. The summed E-state index contributed by atoms with van der Waals surface area (Å²) in [7, 11) is 0. The third kappa shape index (κ3) is 2.44. The molecule has 0 spiro atoms. The van der Waals surface area contributed by atoms with Crippen LogP contribution in [0.15, 0.2) is 42.6 Å². The van der Waals surface area contributed by atoms with Crippen LogP contribution in [0.25, 0.3) is 22.1 Å². The van der Waals surface area contributed by atoms with Gasteiger partial charge in [-0.1, -0.05) is 0 Å². The molecule has 4 aromatic rings. The Morgan fingerprint density at radius 1 is 1.12 bits per heavy atom. The van der Waals surface area contributed by atoms with Crippen molar-refractivity contribution in [3.63, 3.8) is 0 Å². The van der Waals surface area contributed by atoms with E-state index in [1.54, 1.807) is 6.20 Å². The first-order valence-corrected chi connectivity index (χ1v) is 8.76. The summed E-state index contributed by atoms with van der Waals surface area (Å²) in [6.45, 7) is 1.23. The second kappa shape index (κ2) is 5.56. The van der Waals surface area contributed by atoms with Gasteiger partial charge in [-0.15, -0.1) is 0 Å². The number of hydrogen-bond donors (Lipinski definition) is 0. The summed E-state index contributed by atoms with van der Waals surface area (Å²) in [5.74, 6) is 0.0202. The van der Waals surface area contributed by atoms with E-state index in [9.17, 15) is 4.79 Å². The van der Waals surface area contributed by atoms with Crippen LogP contribution in [-0.4, -0.2) is 36.1 Å². The van der Waals surface area contributed by atoms with Crippen LogP contribution in [0.4, 0.5) is 0 Å². The summed E-state index contributed by atoms with van der Waals surface area (Å²) in [5, 5.41) is 1.01. The van der Waals surface area contributed by atoms with Gasteiger partial charge in [0.2, 0.25) is 0 Å². The van der Waals surface area contributed by atoms with Gasteiger partial charge < -0.3 is 4.90 Å². The van der Waals surface area contributed by atoms with Crippen molar-refractivity contribution in [2.45, 2.75) is 13.0 Å².